The van der Waals surface area contributed by atoms with E-state index in [1.54, 1.807) is 4.68 Å². The lowest BCUT2D eigenvalue weighted by Crippen LogP contribution is -2.09. The van der Waals surface area contributed by atoms with Gasteiger partial charge in [-0.2, -0.15) is 0 Å². The molecule has 1 unspecified atom stereocenters. The Morgan fingerprint density at radius 1 is 1.40 bits per heavy atom. The summed E-state index contributed by atoms with van der Waals surface area (Å²) in [7, 11) is 0. The maximum Gasteiger partial charge on any atom is 0.149 e. The van der Waals surface area contributed by atoms with Crippen LogP contribution in [0.15, 0.2) is 24.3 Å². The van der Waals surface area contributed by atoms with E-state index in [-0.39, 0.29) is 0 Å². The molecule has 0 bridgehead atoms. The van der Waals surface area contributed by atoms with Gasteiger partial charge in [0.05, 0.1) is 5.52 Å². The molecule has 0 aliphatic rings. The Labute approximate surface area is 88.5 Å². The number of rotatable bonds is 4. The number of hydrogen-bond donors (Lipinski definition) is 1. The van der Waals surface area contributed by atoms with E-state index in [4.69, 9.17) is 0 Å². The average Bonchev–Trinajstić information content (AvgIpc) is 2.69. The van der Waals surface area contributed by atoms with Gasteiger partial charge >= 0.3 is 0 Å². The van der Waals surface area contributed by atoms with Crippen LogP contribution in [0.5, 0.6) is 0 Å². The number of aliphatic hydroxyl groups is 1. The Hall–Kier alpha value is -1.42. The Balaban J connectivity index is 2.27. The van der Waals surface area contributed by atoms with Gasteiger partial charge in [-0.25, -0.2) is 4.68 Å². The molecule has 2 aromatic rings. The topological polar surface area (TPSA) is 50.9 Å². The summed E-state index contributed by atoms with van der Waals surface area (Å²) in [6.07, 6.45) is 2.24. The van der Waals surface area contributed by atoms with E-state index in [0.29, 0.717) is 0 Å². The SMILES string of the molecule is CCCCC(O)n1nnc2ccccc21. The standard InChI is InChI=1S/C11H15N3O/c1-2-3-8-11(15)14-10-7-5-4-6-9(10)12-13-14/h4-7,11,15H,2-3,8H2,1H3. The fourth-order valence-corrected chi connectivity index (χ4v) is 1.62. The molecular formula is C11H15N3O. The van der Waals surface area contributed by atoms with E-state index >= 15 is 0 Å². The van der Waals surface area contributed by atoms with Crippen molar-refractivity contribution in [1.29, 1.82) is 0 Å². The maximum absolute atomic E-state index is 9.90. The molecule has 0 saturated heterocycles. The van der Waals surface area contributed by atoms with Crippen molar-refractivity contribution in [2.75, 3.05) is 0 Å². The molecule has 0 radical (unpaired) electrons. The third-order valence-corrected chi connectivity index (χ3v) is 2.48. The normalized spacial score (nSPS) is 13.2. The molecule has 0 amide bonds. The van der Waals surface area contributed by atoms with Crippen LogP contribution >= 0.6 is 0 Å². The number of fused-ring (bicyclic) bond motifs is 1. The van der Waals surface area contributed by atoms with Crippen molar-refractivity contribution in [2.45, 2.75) is 32.4 Å². The number of aliphatic hydroxyl groups excluding tert-OH is 1. The summed E-state index contributed by atoms with van der Waals surface area (Å²) in [5.41, 5.74) is 1.72. The lowest BCUT2D eigenvalue weighted by Gasteiger charge is -2.10. The van der Waals surface area contributed by atoms with Gasteiger partial charge in [0.25, 0.3) is 0 Å². The lowest BCUT2D eigenvalue weighted by atomic mass is 10.2. The molecule has 4 heteroatoms. The number of unbranched alkanes of at least 4 members (excludes halogenated alkanes) is 1. The number of hydrogen-bond acceptors (Lipinski definition) is 3. The van der Waals surface area contributed by atoms with Crippen LogP contribution in [0, 0.1) is 0 Å². The highest BCUT2D eigenvalue weighted by atomic mass is 16.3. The molecule has 0 aliphatic heterocycles. The molecule has 0 saturated carbocycles. The van der Waals surface area contributed by atoms with Crippen LogP contribution in [-0.2, 0) is 0 Å². The van der Waals surface area contributed by atoms with Crippen molar-refractivity contribution in [1.82, 2.24) is 15.0 Å². The summed E-state index contributed by atoms with van der Waals surface area (Å²) in [6.45, 7) is 2.10. The molecule has 0 fully saturated rings. The number of benzene rings is 1. The van der Waals surface area contributed by atoms with E-state index in [1.807, 2.05) is 24.3 Å². The second kappa shape index (κ2) is 4.40. The summed E-state index contributed by atoms with van der Waals surface area (Å²) in [4.78, 5) is 0. The molecule has 0 aliphatic carbocycles. The molecule has 2 rings (SSSR count). The van der Waals surface area contributed by atoms with Crippen molar-refractivity contribution in [3.63, 3.8) is 0 Å². The summed E-state index contributed by atoms with van der Waals surface area (Å²) >= 11 is 0. The predicted molar refractivity (Wildman–Crippen MR) is 58.3 cm³/mol. The summed E-state index contributed by atoms with van der Waals surface area (Å²) in [5, 5.41) is 17.9. The van der Waals surface area contributed by atoms with Gasteiger partial charge in [0.15, 0.2) is 0 Å². The van der Waals surface area contributed by atoms with E-state index in [0.717, 1.165) is 30.3 Å². The summed E-state index contributed by atoms with van der Waals surface area (Å²) < 4.78 is 1.59. The second-order valence-electron chi connectivity index (χ2n) is 3.65. The quantitative estimate of drug-likeness (QED) is 0.831. The van der Waals surface area contributed by atoms with Gasteiger partial charge in [-0.15, -0.1) is 5.10 Å². The van der Waals surface area contributed by atoms with Gasteiger partial charge in [0.1, 0.15) is 11.7 Å². The van der Waals surface area contributed by atoms with Gasteiger partial charge < -0.3 is 5.11 Å². The van der Waals surface area contributed by atoms with Gasteiger partial charge in [0.2, 0.25) is 0 Å². The van der Waals surface area contributed by atoms with E-state index in [1.165, 1.54) is 0 Å². The van der Waals surface area contributed by atoms with Crippen molar-refractivity contribution in [2.24, 2.45) is 0 Å². The molecule has 1 N–H and O–H groups in total. The van der Waals surface area contributed by atoms with Gasteiger partial charge in [-0.1, -0.05) is 30.7 Å². The first kappa shape index (κ1) is 10.1. The number of aromatic nitrogens is 3. The zero-order chi connectivity index (χ0) is 10.7. The third kappa shape index (κ3) is 1.99. The fourth-order valence-electron chi connectivity index (χ4n) is 1.62. The van der Waals surface area contributed by atoms with Crippen molar-refractivity contribution >= 4 is 11.0 Å². The number of nitrogens with zero attached hydrogens (tertiary/aromatic N) is 3. The van der Waals surface area contributed by atoms with Crippen molar-refractivity contribution < 1.29 is 5.11 Å². The van der Waals surface area contributed by atoms with Crippen molar-refractivity contribution in [3.8, 4) is 0 Å². The van der Waals surface area contributed by atoms with Crippen LogP contribution in [0.25, 0.3) is 11.0 Å². The Bertz CT molecular complexity index is 438. The fraction of sp³-hybridized carbons (Fsp3) is 0.455. The van der Waals surface area contributed by atoms with Crippen LogP contribution in [0.2, 0.25) is 0 Å². The van der Waals surface area contributed by atoms with Crippen LogP contribution < -0.4 is 0 Å². The molecule has 80 valence electrons. The lowest BCUT2D eigenvalue weighted by molar-refractivity contribution is 0.0816. The first-order valence-electron chi connectivity index (χ1n) is 5.31. The molecule has 1 aromatic carbocycles. The zero-order valence-corrected chi connectivity index (χ0v) is 8.80. The van der Waals surface area contributed by atoms with Crippen molar-refractivity contribution in [3.05, 3.63) is 24.3 Å². The minimum absolute atomic E-state index is 0.558. The molecule has 15 heavy (non-hydrogen) atoms. The molecule has 0 spiro atoms. The molecule has 4 nitrogen and oxygen atoms in total. The van der Waals surface area contributed by atoms with Gasteiger partial charge in [-0.05, 0) is 25.0 Å². The highest BCUT2D eigenvalue weighted by molar-refractivity contribution is 5.73. The molecule has 1 heterocycles. The maximum atomic E-state index is 9.90. The highest BCUT2D eigenvalue weighted by Crippen LogP contribution is 2.17. The van der Waals surface area contributed by atoms with E-state index < -0.39 is 6.23 Å². The Morgan fingerprint density at radius 2 is 2.20 bits per heavy atom. The van der Waals surface area contributed by atoms with Crippen LogP contribution in [0.3, 0.4) is 0 Å². The van der Waals surface area contributed by atoms with Crippen LogP contribution in [0.1, 0.15) is 32.4 Å². The monoisotopic (exact) mass is 205 g/mol. The summed E-state index contributed by atoms with van der Waals surface area (Å²) in [5.74, 6) is 0. The Kier molecular flexibility index (Phi) is 2.97. The van der Waals surface area contributed by atoms with Gasteiger partial charge in [0, 0.05) is 0 Å². The van der Waals surface area contributed by atoms with E-state index in [2.05, 4.69) is 17.2 Å². The highest BCUT2D eigenvalue weighted by Gasteiger charge is 2.11. The van der Waals surface area contributed by atoms with Crippen LogP contribution in [0.4, 0.5) is 0 Å². The zero-order valence-electron chi connectivity index (χ0n) is 8.80. The average molecular weight is 205 g/mol. The third-order valence-electron chi connectivity index (χ3n) is 2.48. The molecular weight excluding hydrogens is 190 g/mol. The smallest absolute Gasteiger partial charge is 0.149 e. The van der Waals surface area contributed by atoms with E-state index in [9.17, 15) is 5.11 Å². The Morgan fingerprint density at radius 3 is 3.00 bits per heavy atom. The largest absolute Gasteiger partial charge is 0.372 e. The first-order chi connectivity index (χ1) is 7.33. The number of para-hydroxylation sites is 1. The van der Waals surface area contributed by atoms with Gasteiger partial charge in [-0.3, -0.25) is 0 Å². The molecule has 1 atom stereocenters. The first-order valence-corrected chi connectivity index (χ1v) is 5.31. The summed E-state index contributed by atoms with van der Waals surface area (Å²) in [6, 6.07) is 7.66. The molecule has 1 aromatic heterocycles. The van der Waals surface area contributed by atoms with Crippen LogP contribution in [-0.4, -0.2) is 20.1 Å². The minimum atomic E-state index is -0.558. The second-order valence-corrected chi connectivity index (χ2v) is 3.65. The minimum Gasteiger partial charge on any atom is -0.372 e. The predicted octanol–water partition coefficient (Wildman–Crippen LogP) is 2.11.